The zero-order chi connectivity index (χ0) is 19.8. The van der Waals surface area contributed by atoms with Crippen LogP contribution >= 0.6 is 11.6 Å². The molecule has 0 bridgehead atoms. The van der Waals surface area contributed by atoms with Crippen molar-refractivity contribution >= 4 is 34.4 Å². The average molecular weight is 397 g/mol. The minimum Gasteiger partial charge on any atom is -0.383 e. The second-order valence-corrected chi connectivity index (χ2v) is 6.81. The molecule has 2 aromatic heterocycles. The van der Waals surface area contributed by atoms with Crippen LogP contribution < -0.4 is 10.6 Å². The predicted molar refractivity (Wildman–Crippen MR) is 110 cm³/mol. The number of hydrogen-bond acceptors (Lipinski definition) is 5. The van der Waals surface area contributed by atoms with Crippen molar-refractivity contribution in [2.24, 2.45) is 0 Å². The lowest BCUT2D eigenvalue weighted by atomic mass is 10.1. The minimum atomic E-state index is -0.328. The molecule has 2 aromatic carbocycles. The van der Waals surface area contributed by atoms with Gasteiger partial charge in [-0.15, -0.1) is 5.10 Å². The molecular weight excluding hydrogens is 379 g/mol. The van der Waals surface area contributed by atoms with E-state index in [1.807, 2.05) is 37.1 Å². The highest BCUT2D eigenvalue weighted by Crippen LogP contribution is 2.34. The average Bonchev–Trinajstić information content (AvgIpc) is 3.04. The number of hydrogen-bond donors (Lipinski definition) is 1. The lowest BCUT2D eigenvalue weighted by molar-refractivity contribution is 0.627. The highest BCUT2D eigenvalue weighted by Gasteiger charge is 2.20. The smallest absolute Gasteiger partial charge is 0.227 e. The SMILES string of the molecule is CCN(C)c1nc(-c2cccc(Cl)c2)c2c(N)n(-c3ccc(F)cc3)nc2n1. The second-order valence-electron chi connectivity index (χ2n) is 6.37. The van der Waals surface area contributed by atoms with Gasteiger partial charge in [0, 0.05) is 24.2 Å². The third-order valence-electron chi connectivity index (χ3n) is 4.54. The Morgan fingerprint density at radius 1 is 1.14 bits per heavy atom. The van der Waals surface area contributed by atoms with Crippen molar-refractivity contribution in [3.8, 4) is 16.9 Å². The number of nitrogens with zero attached hydrogens (tertiary/aromatic N) is 5. The molecule has 0 fully saturated rings. The van der Waals surface area contributed by atoms with Crippen LogP contribution in [0.3, 0.4) is 0 Å². The Kier molecular flexibility index (Phi) is 4.60. The van der Waals surface area contributed by atoms with Gasteiger partial charge in [0.25, 0.3) is 0 Å². The number of nitrogens with two attached hydrogens (primary N) is 1. The first kappa shape index (κ1) is 18.2. The number of aromatic nitrogens is 4. The molecule has 0 amide bonds. The number of rotatable bonds is 4. The van der Waals surface area contributed by atoms with Crippen molar-refractivity contribution < 1.29 is 4.39 Å². The van der Waals surface area contributed by atoms with Crippen molar-refractivity contribution in [3.63, 3.8) is 0 Å². The maximum Gasteiger partial charge on any atom is 0.227 e. The summed E-state index contributed by atoms with van der Waals surface area (Å²) in [5, 5.41) is 5.78. The lowest BCUT2D eigenvalue weighted by Crippen LogP contribution is -2.19. The minimum absolute atomic E-state index is 0.328. The normalized spacial score (nSPS) is 11.1. The van der Waals surface area contributed by atoms with Crippen LogP contribution in [0, 0.1) is 5.82 Å². The van der Waals surface area contributed by atoms with Gasteiger partial charge in [0.1, 0.15) is 11.6 Å². The quantitative estimate of drug-likeness (QED) is 0.556. The molecule has 0 atom stereocenters. The molecule has 0 unspecified atom stereocenters. The molecule has 0 aliphatic heterocycles. The monoisotopic (exact) mass is 396 g/mol. The van der Waals surface area contributed by atoms with Gasteiger partial charge in [0.2, 0.25) is 5.95 Å². The van der Waals surface area contributed by atoms with Gasteiger partial charge in [-0.25, -0.2) is 14.1 Å². The van der Waals surface area contributed by atoms with Gasteiger partial charge in [-0.1, -0.05) is 23.7 Å². The summed E-state index contributed by atoms with van der Waals surface area (Å²) in [7, 11) is 1.91. The third-order valence-corrected chi connectivity index (χ3v) is 4.78. The number of fused-ring (bicyclic) bond motifs is 1. The fourth-order valence-corrected chi connectivity index (χ4v) is 3.13. The number of anilines is 2. The van der Waals surface area contributed by atoms with Crippen LogP contribution in [0.4, 0.5) is 16.2 Å². The molecule has 8 heteroatoms. The third kappa shape index (κ3) is 3.14. The number of halogens is 2. The molecule has 28 heavy (non-hydrogen) atoms. The molecule has 2 heterocycles. The molecule has 6 nitrogen and oxygen atoms in total. The van der Waals surface area contributed by atoms with Crippen molar-refractivity contribution in [1.82, 2.24) is 19.7 Å². The van der Waals surface area contributed by atoms with Crippen molar-refractivity contribution in [3.05, 3.63) is 59.4 Å². The summed E-state index contributed by atoms with van der Waals surface area (Å²) in [5.74, 6) is 0.585. The van der Waals surface area contributed by atoms with Crippen LogP contribution in [0.5, 0.6) is 0 Å². The first-order valence-electron chi connectivity index (χ1n) is 8.77. The fraction of sp³-hybridized carbons (Fsp3) is 0.150. The molecule has 2 N–H and O–H groups in total. The van der Waals surface area contributed by atoms with E-state index >= 15 is 0 Å². The Bertz CT molecular complexity index is 1160. The summed E-state index contributed by atoms with van der Waals surface area (Å²) in [5.41, 5.74) is 8.99. The summed E-state index contributed by atoms with van der Waals surface area (Å²) in [4.78, 5) is 11.2. The van der Waals surface area contributed by atoms with Crippen LogP contribution in [-0.4, -0.2) is 33.3 Å². The Morgan fingerprint density at radius 3 is 2.57 bits per heavy atom. The maximum atomic E-state index is 13.3. The van der Waals surface area contributed by atoms with E-state index in [1.54, 1.807) is 22.9 Å². The summed E-state index contributed by atoms with van der Waals surface area (Å²) < 4.78 is 14.9. The summed E-state index contributed by atoms with van der Waals surface area (Å²) in [6.45, 7) is 2.74. The Balaban J connectivity index is 2.01. The van der Waals surface area contributed by atoms with Crippen molar-refractivity contribution in [2.75, 3.05) is 24.2 Å². The topological polar surface area (TPSA) is 72.9 Å². The van der Waals surface area contributed by atoms with E-state index in [9.17, 15) is 4.39 Å². The van der Waals surface area contributed by atoms with E-state index in [0.29, 0.717) is 39.2 Å². The van der Waals surface area contributed by atoms with Crippen LogP contribution in [0.15, 0.2) is 48.5 Å². The summed E-state index contributed by atoms with van der Waals surface area (Å²) >= 11 is 6.19. The van der Waals surface area contributed by atoms with Crippen LogP contribution in [0.2, 0.25) is 5.02 Å². The molecule has 0 aliphatic rings. The summed E-state index contributed by atoms with van der Waals surface area (Å²) in [6, 6.07) is 13.4. The largest absolute Gasteiger partial charge is 0.383 e. The van der Waals surface area contributed by atoms with Gasteiger partial charge in [-0.2, -0.15) is 4.98 Å². The van der Waals surface area contributed by atoms with E-state index in [2.05, 4.69) is 10.1 Å². The molecule has 0 saturated heterocycles. The Hall–Kier alpha value is -3.19. The summed E-state index contributed by atoms with van der Waals surface area (Å²) in [6.07, 6.45) is 0. The van der Waals surface area contributed by atoms with Crippen molar-refractivity contribution in [1.29, 1.82) is 0 Å². The highest BCUT2D eigenvalue weighted by molar-refractivity contribution is 6.30. The number of nitrogen functional groups attached to an aromatic ring is 1. The molecular formula is C20H18ClFN6. The zero-order valence-electron chi connectivity index (χ0n) is 15.4. The fourth-order valence-electron chi connectivity index (χ4n) is 2.94. The van der Waals surface area contributed by atoms with Gasteiger partial charge >= 0.3 is 0 Å². The van der Waals surface area contributed by atoms with Crippen LogP contribution in [-0.2, 0) is 0 Å². The van der Waals surface area contributed by atoms with Gasteiger partial charge < -0.3 is 10.6 Å². The Labute approximate surface area is 166 Å². The molecule has 0 saturated carbocycles. The molecule has 4 aromatic rings. The van der Waals surface area contributed by atoms with E-state index in [-0.39, 0.29) is 5.82 Å². The molecule has 0 spiro atoms. The van der Waals surface area contributed by atoms with E-state index in [1.165, 1.54) is 12.1 Å². The molecule has 0 aliphatic carbocycles. The van der Waals surface area contributed by atoms with E-state index < -0.39 is 0 Å². The highest BCUT2D eigenvalue weighted by atomic mass is 35.5. The van der Waals surface area contributed by atoms with Gasteiger partial charge in [-0.05, 0) is 43.3 Å². The van der Waals surface area contributed by atoms with E-state index in [0.717, 1.165) is 12.1 Å². The molecule has 142 valence electrons. The van der Waals surface area contributed by atoms with Crippen LogP contribution in [0.1, 0.15) is 6.92 Å². The molecule has 4 rings (SSSR count). The predicted octanol–water partition coefficient (Wildman–Crippen LogP) is 4.31. The molecule has 0 radical (unpaired) electrons. The van der Waals surface area contributed by atoms with Crippen LogP contribution in [0.25, 0.3) is 28.0 Å². The van der Waals surface area contributed by atoms with Gasteiger partial charge in [0.15, 0.2) is 5.65 Å². The standard InChI is InChI=1S/C20H18ClFN6/c1-3-27(2)20-24-17(12-5-4-6-13(21)11-12)16-18(23)28(26-19(16)25-20)15-9-7-14(22)8-10-15/h4-11H,3,23H2,1-2H3. The Morgan fingerprint density at radius 2 is 1.89 bits per heavy atom. The van der Waals surface area contributed by atoms with Gasteiger partial charge in [-0.3, -0.25) is 0 Å². The number of benzene rings is 2. The lowest BCUT2D eigenvalue weighted by Gasteiger charge is -2.15. The van der Waals surface area contributed by atoms with Crippen molar-refractivity contribution in [2.45, 2.75) is 6.92 Å². The van der Waals surface area contributed by atoms with E-state index in [4.69, 9.17) is 22.3 Å². The first-order chi connectivity index (χ1) is 13.5. The first-order valence-corrected chi connectivity index (χ1v) is 9.15. The second kappa shape index (κ2) is 7.09. The van der Waals surface area contributed by atoms with Gasteiger partial charge in [0.05, 0.1) is 16.8 Å². The zero-order valence-corrected chi connectivity index (χ0v) is 16.2. The maximum absolute atomic E-state index is 13.3.